The van der Waals surface area contributed by atoms with Crippen LogP contribution in [0.5, 0.6) is 0 Å². The van der Waals surface area contributed by atoms with Gasteiger partial charge in [0, 0.05) is 36.7 Å². The van der Waals surface area contributed by atoms with Gasteiger partial charge < -0.3 is 10.0 Å². The fourth-order valence-corrected chi connectivity index (χ4v) is 3.81. The molecule has 3 heterocycles. The van der Waals surface area contributed by atoms with Crippen LogP contribution in [0.2, 0.25) is 0 Å². The number of fused-ring (bicyclic) bond motifs is 3. The Kier molecular flexibility index (Phi) is 3.33. The summed E-state index contributed by atoms with van der Waals surface area (Å²) in [4.78, 5) is 31.2. The van der Waals surface area contributed by atoms with E-state index in [9.17, 15) is 14.7 Å². The monoisotopic (exact) mass is 384 g/mol. The summed E-state index contributed by atoms with van der Waals surface area (Å²) < 4.78 is 34.5. The van der Waals surface area contributed by atoms with E-state index in [0.29, 0.717) is 30.8 Å². The van der Waals surface area contributed by atoms with Gasteiger partial charge in [-0.25, -0.2) is 4.98 Å². The van der Waals surface area contributed by atoms with Crippen molar-refractivity contribution in [2.75, 3.05) is 13.1 Å². The Hall–Kier alpha value is -2.93. The molecule has 0 saturated heterocycles. The van der Waals surface area contributed by atoms with Crippen molar-refractivity contribution in [2.45, 2.75) is 33.3 Å². The van der Waals surface area contributed by atoms with Crippen LogP contribution in [0.25, 0.3) is 22.1 Å². The lowest BCUT2D eigenvalue weighted by Crippen LogP contribution is -2.32. The van der Waals surface area contributed by atoms with E-state index in [2.05, 4.69) is 4.98 Å². The molecule has 1 atom stereocenters. The van der Waals surface area contributed by atoms with Gasteiger partial charge in [-0.05, 0) is 37.5 Å². The predicted molar refractivity (Wildman–Crippen MR) is 108 cm³/mol. The number of nitrogens with zero attached hydrogens (tertiary/aromatic N) is 4. The molecule has 2 aromatic heterocycles. The van der Waals surface area contributed by atoms with E-state index in [1.165, 1.54) is 24.6 Å². The quantitative estimate of drug-likeness (QED) is 0.734. The van der Waals surface area contributed by atoms with Crippen LogP contribution in [0.1, 0.15) is 48.7 Å². The molecule has 0 fully saturated rings. The smallest absolute Gasteiger partial charge is 0.261 e. The lowest BCUT2D eigenvalue weighted by molar-refractivity contribution is -0.128. The first-order valence-corrected chi connectivity index (χ1v) is 9.05. The molecule has 0 radical (unpaired) electrons. The Bertz CT molecular complexity index is 1350. The molecule has 4 rings (SSSR count). The van der Waals surface area contributed by atoms with Crippen molar-refractivity contribution >= 4 is 28.0 Å². The van der Waals surface area contributed by atoms with E-state index >= 15 is 0 Å². The summed E-state index contributed by atoms with van der Waals surface area (Å²) in [5.41, 5.74) is 1.43. The highest BCUT2D eigenvalue weighted by atomic mass is 16.3. The van der Waals surface area contributed by atoms with Gasteiger partial charge in [-0.1, -0.05) is 12.1 Å². The van der Waals surface area contributed by atoms with Crippen molar-refractivity contribution in [3.8, 4) is 0 Å². The van der Waals surface area contributed by atoms with Crippen LogP contribution in [0.3, 0.4) is 0 Å². The van der Waals surface area contributed by atoms with Gasteiger partial charge in [0.1, 0.15) is 17.7 Å². The summed E-state index contributed by atoms with van der Waals surface area (Å²) in [7, 11) is 0. The third-order valence-electron chi connectivity index (χ3n) is 5.23. The summed E-state index contributed by atoms with van der Waals surface area (Å²) in [6.07, 6.45) is 1.66. The van der Waals surface area contributed by atoms with Crippen LogP contribution < -0.4 is 5.56 Å². The first-order valence-electron chi connectivity index (χ1n) is 11.1. The summed E-state index contributed by atoms with van der Waals surface area (Å²) >= 11 is 0. The maximum absolute atomic E-state index is 13.4. The van der Waals surface area contributed by atoms with E-state index in [4.69, 9.17) is 5.48 Å². The van der Waals surface area contributed by atoms with Crippen LogP contribution in [0, 0.1) is 6.92 Å². The Morgan fingerprint density at radius 1 is 1.43 bits per heavy atom. The summed E-state index contributed by atoms with van der Waals surface area (Å²) in [5.74, 6) is -0.0573. The second-order valence-electron chi connectivity index (χ2n) is 7.17. The van der Waals surface area contributed by atoms with Crippen molar-refractivity contribution in [3.05, 3.63) is 51.7 Å². The third-order valence-corrected chi connectivity index (χ3v) is 5.23. The van der Waals surface area contributed by atoms with Gasteiger partial charge >= 0.3 is 0 Å². The second kappa shape index (κ2) is 6.60. The van der Waals surface area contributed by atoms with E-state index in [1.54, 1.807) is 24.0 Å². The van der Waals surface area contributed by atoms with Crippen molar-refractivity contribution in [2.24, 2.45) is 6.98 Å². The van der Waals surface area contributed by atoms with E-state index in [1.807, 2.05) is 6.08 Å². The zero-order valence-electron chi connectivity index (χ0n) is 20.0. The minimum Gasteiger partial charge on any atom is -0.389 e. The number of hydrogen-bond acceptors (Lipinski definition) is 4. The van der Waals surface area contributed by atoms with Crippen molar-refractivity contribution in [1.29, 1.82) is 0 Å². The number of carbonyl (C=O) groups is 1. The highest BCUT2D eigenvalue weighted by Gasteiger charge is 2.22. The third kappa shape index (κ3) is 2.74. The average Bonchev–Trinajstić information content (AvgIpc) is 3.10. The number of amides is 1. The molecule has 1 aromatic carbocycles. The lowest BCUT2D eigenvalue weighted by Gasteiger charge is -2.25. The van der Waals surface area contributed by atoms with Crippen LogP contribution in [-0.4, -0.2) is 43.0 Å². The molecular formula is C21H24N4O3. The SMILES string of the molecule is [2H]C(C)(O)c1cc(C)cc2c(=O)n(C([2H])([2H])[2H])c3c(C4=CCN(C(C)=O)CC4)ncn3c12. The predicted octanol–water partition coefficient (Wildman–Crippen LogP) is 2.18. The zero-order valence-corrected chi connectivity index (χ0v) is 16.0. The summed E-state index contributed by atoms with van der Waals surface area (Å²) in [5, 5.41) is 10.6. The average molecular weight is 384 g/mol. The molecule has 7 heteroatoms. The Labute approximate surface area is 168 Å². The van der Waals surface area contributed by atoms with Crippen LogP contribution in [0.4, 0.5) is 0 Å². The number of aromatic nitrogens is 3. The van der Waals surface area contributed by atoms with E-state index < -0.39 is 18.6 Å². The molecule has 1 aliphatic rings. The minimum absolute atomic E-state index is 0.0573. The van der Waals surface area contributed by atoms with Gasteiger partial charge in [0.2, 0.25) is 5.91 Å². The van der Waals surface area contributed by atoms with Crippen LogP contribution in [0.15, 0.2) is 29.3 Å². The standard InChI is InChI=1S/C21H24N4O3/c1-12-9-16(13(2)26)19-17(10-12)21(28)23(4)20-18(22-11-25(19)20)15-5-7-24(8-6-15)14(3)27/h5,9-11,13,26H,6-8H2,1-4H3/i4D3,13D. The van der Waals surface area contributed by atoms with Gasteiger partial charge in [-0.15, -0.1) is 0 Å². The van der Waals surface area contributed by atoms with E-state index in [-0.39, 0.29) is 28.0 Å². The first-order chi connectivity index (χ1) is 14.8. The number of rotatable bonds is 2. The van der Waals surface area contributed by atoms with E-state index in [0.717, 1.165) is 10.1 Å². The minimum atomic E-state index is -2.78. The molecule has 146 valence electrons. The molecule has 0 bridgehead atoms. The van der Waals surface area contributed by atoms with Crippen LogP contribution in [-0.2, 0) is 11.8 Å². The highest BCUT2D eigenvalue weighted by Crippen LogP contribution is 2.29. The van der Waals surface area contributed by atoms with Gasteiger partial charge in [0.25, 0.3) is 5.56 Å². The number of benzene rings is 1. The lowest BCUT2D eigenvalue weighted by atomic mass is 10.0. The second-order valence-corrected chi connectivity index (χ2v) is 7.17. The molecule has 1 amide bonds. The summed E-state index contributed by atoms with van der Waals surface area (Å²) in [6.45, 7) is 2.53. The highest BCUT2D eigenvalue weighted by molar-refractivity contribution is 5.88. The largest absolute Gasteiger partial charge is 0.389 e. The molecule has 1 unspecified atom stereocenters. The summed E-state index contributed by atoms with van der Waals surface area (Å²) in [6, 6.07) is 3.16. The molecule has 1 N–H and O–H groups in total. The number of imidazole rings is 1. The van der Waals surface area contributed by atoms with Gasteiger partial charge in [-0.2, -0.15) is 0 Å². The van der Waals surface area contributed by atoms with Crippen molar-refractivity contribution < 1.29 is 15.4 Å². The molecule has 0 aliphatic carbocycles. The number of aliphatic hydroxyl groups is 1. The topological polar surface area (TPSA) is 79.8 Å². The fraction of sp³-hybridized carbons (Fsp3) is 0.381. The first kappa shape index (κ1) is 14.1. The number of hydrogen-bond donors (Lipinski definition) is 1. The number of aryl methyl sites for hydroxylation is 2. The molecule has 28 heavy (non-hydrogen) atoms. The Morgan fingerprint density at radius 3 is 2.82 bits per heavy atom. The molecule has 1 aliphatic heterocycles. The number of carbonyl (C=O) groups excluding carboxylic acids is 1. The van der Waals surface area contributed by atoms with Crippen molar-refractivity contribution in [1.82, 2.24) is 18.9 Å². The van der Waals surface area contributed by atoms with Crippen LogP contribution >= 0.6 is 0 Å². The Balaban J connectivity index is 2.13. The Morgan fingerprint density at radius 2 is 2.21 bits per heavy atom. The molecule has 0 saturated carbocycles. The zero-order chi connectivity index (χ0) is 23.6. The fourth-order valence-electron chi connectivity index (χ4n) is 3.81. The normalized spacial score (nSPS) is 19.6. The van der Waals surface area contributed by atoms with Gasteiger partial charge in [0.05, 0.1) is 18.4 Å². The van der Waals surface area contributed by atoms with Gasteiger partial charge in [-0.3, -0.25) is 18.6 Å². The molecular weight excluding hydrogens is 356 g/mol. The maximum Gasteiger partial charge on any atom is 0.261 e. The maximum atomic E-state index is 13.4. The van der Waals surface area contributed by atoms with Gasteiger partial charge in [0.15, 0.2) is 0 Å². The van der Waals surface area contributed by atoms with Crippen molar-refractivity contribution in [3.63, 3.8) is 0 Å². The molecule has 7 nitrogen and oxygen atoms in total. The molecule has 0 spiro atoms. The molecule has 3 aromatic rings.